The lowest BCUT2D eigenvalue weighted by Crippen LogP contribution is -2.41. The van der Waals surface area contributed by atoms with Crippen LogP contribution in [0.2, 0.25) is 5.02 Å². The highest BCUT2D eigenvalue weighted by atomic mass is 35.5. The van der Waals surface area contributed by atoms with E-state index < -0.39 is 0 Å². The van der Waals surface area contributed by atoms with E-state index in [0.717, 1.165) is 10.8 Å². The third kappa shape index (κ3) is 4.43. The van der Waals surface area contributed by atoms with Gasteiger partial charge in [-0.1, -0.05) is 23.7 Å². The summed E-state index contributed by atoms with van der Waals surface area (Å²) in [4.78, 5) is 10.9. The monoisotopic (exact) mass is 258 g/mol. The van der Waals surface area contributed by atoms with Crippen molar-refractivity contribution in [3.05, 3.63) is 34.9 Å². The summed E-state index contributed by atoms with van der Waals surface area (Å²) in [5.41, 5.74) is 6.40. The molecular formula is C11H15ClN2OS. The number of likely N-dealkylation sites (N-methyl/N-ethyl adjacent to an activating group) is 1. The lowest BCUT2D eigenvalue weighted by Gasteiger charge is -2.11. The van der Waals surface area contributed by atoms with Gasteiger partial charge >= 0.3 is 0 Å². The highest BCUT2D eigenvalue weighted by Crippen LogP contribution is 2.15. The van der Waals surface area contributed by atoms with Crippen LogP contribution < -0.4 is 11.1 Å². The van der Waals surface area contributed by atoms with Gasteiger partial charge < -0.3 is 11.1 Å². The minimum atomic E-state index is -0.314. The Hall–Kier alpha value is -0.710. The minimum Gasteiger partial charge on any atom is -0.368 e. The fourth-order valence-electron chi connectivity index (χ4n) is 1.18. The number of hydrogen-bond acceptors (Lipinski definition) is 3. The van der Waals surface area contributed by atoms with E-state index in [4.69, 9.17) is 17.3 Å². The third-order valence-corrected chi connectivity index (χ3v) is 3.52. The first-order valence-electron chi connectivity index (χ1n) is 4.92. The molecule has 0 aliphatic heterocycles. The van der Waals surface area contributed by atoms with Gasteiger partial charge in [-0.2, -0.15) is 11.8 Å². The molecule has 0 spiro atoms. The predicted molar refractivity (Wildman–Crippen MR) is 69.7 cm³/mol. The summed E-state index contributed by atoms with van der Waals surface area (Å²) in [6.07, 6.45) is 0. The fourth-order valence-corrected chi connectivity index (χ4v) is 2.42. The molecule has 1 unspecified atom stereocenters. The van der Waals surface area contributed by atoms with Crippen molar-refractivity contribution in [2.24, 2.45) is 5.73 Å². The van der Waals surface area contributed by atoms with Gasteiger partial charge in [0, 0.05) is 16.5 Å². The standard InChI is InChI=1S/C11H15ClN2OS/c1-14-10(11(13)15)7-16-6-8-2-4-9(12)5-3-8/h2-5,10,14H,6-7H2,1H3,(H2,13,15). The average Bonchev–Trinajstić information content (AvgIpc) is 2.26. The zero-order chi connectivity index (χ0) is 12.0. The van der Waals surface area contributed by atoms with Crippen LogP contribution in [0.1, 0.15) is 5.56 Å². The average molecular weight is 259 g/mol. The summed E-state index contributed by atoms with van der Waals surface area (Å²) in [7, 11) is 1.73. The third-order valence-electron chi connectivity index (χ3n) is 2.16. The predicted octanol–water partition coefficient (Wildman–Crippen LogP) is 1.65. The van der Waals surface area contributed by atoms with E-state index in [-0.39, 0.29) is 11.9 Å². The number of nitrogens with one attached hydrogen (secondary N) is 1. The number of thioether (sulfide) groups is 1. The van der Waals surface area contributed by atoms with Gasteiger partial charge in [-0.05, 0) is 24.7 Å². The second-order valence-corrected chi connectivity index (χ2v) is 4.85. The number of carbonyl (C=O) groups is 1. The van der Waals surface area contributed by atoms with Gasteiger partial charge in [0.05, 0.1) is 6.04 Å². The summed E-state index contributed by atoms with van der Waals surface area (Å²) < 4.78 is 0. The Morgan fingerprint density at radius 2 is 2.12 bits per heavy atom. The van der Waals surface area contributed by atoms with E-state index in [1.54, 1.807) is 18.8 Å². The Kier molecular flexibility index (Phi) is 5.66. The quantitative estimate of drug-likeness (QED) is 0.816. The number of halogens is 1. The van der Waals surface area contributed by atoms with Crippen LogP contribution in [0.4, 0.5) is 0 Å². The molecule has 1 atom stereocenters. The number of carbonyl (C=O) groups excluding carboxylic acids is 1. The Morgan fingerprint density at radius 3 is 2.62 bits per heavy atom. The Balaban J connectivity index is 2.35. The normalized spacial score (nSPS) is 12.4. The van der Waals surface area contributed by atoms with Crippen molar-refractivity contribution in [3.63, 3.8) is 0 Å². The first-order valence-corrected chi connectivity index (χ1v) is 6.45. The highest BCUT2D eigenvalue weighted by molar-refractivity contribution is 7.98. The summed E-state index contributed by atoms with van der Waals surface area (Å²) >= 11 is 7.45. The maximum atomic E-state index is 10.9. The second kappa shape index (κ2) is 6.78. The van der Waals surface area contributed by atoms with E-state index >= 15 is 0 Å². The number of nitrogens with two attached hydrogens (primary N) is 1. The van der Waals surface area contributed by atoms with Crippen molar-refractivity contribution >= 4 is 29.3 Å². The van der Waals surface area contributed by atoms with E-state index in [9.17, 15) is 4.79 Å². The van der Waals surface area contributed by atoms with Crippen LogP contribution >= 0.6 is 23.4 Å². The topological polar surface area (TPSA) is 55.1 Å². The Bertz CT molecular complexity index is 342. The van der Waals surface area contributed by atoms with E-state index in [1.807, 2.05) is 24.3 Å². The maximum Gasteiger partial charge on any atom is 0.235 e. The minimum absolute atomic E-state index is 0.266. The smallest absolute Gasteiger partial charge is 0.235 e. The molecule has 0 aliphatic carbocycles. The van der Waals surface area contributed by atoms with Gasteiger partial charge in [0.25, 0.3) is 0 Å². The van der Waals surface area contributed by atoms with Gasteiger partial charge in [0.15, 0.2) is 0 Å². The van der Waals surface area contributed by atoms with Crippen molar-refractivity contribution in [2.75, 3.05) is 12.8 Å². The van der Waals surface area contributed by atoms with Crippen LogP contribution in [0, 0.1) is 0 Å². The van der Waals surface area contributed by atoms with Crippen molar-refractivity contribution in [2.45, 2.75) is 11.8 Å². The molecule has 0 fully saturated rings. The van der Waals surface area contributed by atoms with Crippen LogP contribution in [0.15, 0.2) is 24.3 Å². The molecule has 88 valence electrons. The summed E-state index contributed by atoms with van der Waals surface area (Å²) in [6, 6.07) is 7.42. The maximum absolute atomic E-state index is 10.9. The molecule has 1 aromatic rings. The molecule has 0 aliphatic rings. The van der Waals surface area contributed by atoms with Crippen LogP contribution in [0.5, 0.6) is 0 Å². The van der Waals surface area contributed by atoms with Crippen molar-refractivity contribution < 1.29 is 4.79 Å². The number of hydrogen-bond donors (Lipinski definition) is 2. The number of primary amides is 1. The van der Waals surface area contributed by atoms with Crippen LogP contribution in [0.3, 0.4) is 0 Å². The van der Waals surface area contributed by atoms with E-state index in [0.29, 0.717) is 5.75 Å². The molecule has 16 heavy (non-hydrogen) atoms. The lowest BCUT2D eigenvalue weighted by molar-refractivity contribution is -0.119. The lowest BCUT2D eigenvalue weighted by atomic mass is 10.2. The van der Waals surface area contributed by atoms with Gasteiger partial charge in [-0.25, -0.2) is 0 Å². The van der Waals surface area contributed by atoms with Crippen LogP contribution in [-0.2, 0) is 10.5 Å². The summed E-state index contributed by atoms with van der Waals surface area (Å²) in [6.45, 7) is 0. The SMILES string of the molecule is CNC(CSCc1ccc(Cl)cc1)C(N)=O. The molecule has 0 bridgehead atoms. The molecule has 5 heteroatoms. The second-order valence-electron chi connectivity index (χ2n) is 3.39. The van der Waals surface area contributed by atoms with Gasteiger partial charge in [0.1, 0.15) is 0 Å². The molecule has 3 nitrogen and oxygen atoms in total. The molecule has 1 amide bonds. The molecular weight excluding hydrogens is 244 g/mol. The molecule has 0 saturated heterocycles. The first-order chi connectivity index (χ1) is 7.63. The molecule has 0 radical (unpaired) electrons. The molecule has 3 N–H and O–H groups in total. The molecule has 0 heterocycles. The van der Waals surface area contributed by atoms with Gasteiger partial charge in [0.2, 0.25) is 5.91 Å². The Labute approximate surface area is 105 Å². The van der Waals surface area contributed by atoms with E-state index in [1.165, 1.54) is 5.56 Å². The van der Waals surface area contributed by atoms with E-state index in [2.05, 4.69) is 5.32 Å². The molecule has 1 aromatic carbocycles. The summed E-state index contributed by atoms with van der Waals surface area (Å²) in [5, 5.41) is 3.62. The zero-order valence-electron chi connectivity index (χ0n) is 9.07. The van der Waals surface area contributed by atoms with Gasteiger partial charge in [-0.15, -0.1) is 0 Å². The molecule has 0 saturated carbocycles. The highest BCUT2D eigenvalue weighted by Gasteiger charge is 2.11. The number of rotatable bonds is 6. The van der Waals surface area contributed by atoms with Gasteiger partial charge in [-0.3, -0.25) is 4.79 Å². The molecule has 1 rings (SSSR count). The summed E-state index contributed by atoms with van der Waals surface area (Å²) in [5.74, 6) is 1.21. The van der Waals surface area contributed by atoms with Crippen molar-refractivity contribution in [1.29, 1.82) is 0 Å². The Morgan fingerprint density at radius 1 is 1.50 bits per heavy atom. The number of benzene rings is 1. The largest absolute Gasteiger partial charge is 0.368 e. The first kappa shape index (κ1) is 13.4. The molecule has 0 aromatic heterocycles. The fraction of sp³-hybridized carbons (Fsp3) is 0.364. The van der Waals surface area contributed by atoms with Crippen molar-refractivity contribution in [1.82, 2.24) is 5.32 Å². The van der Waals surface area contributed by atoms with Crippen LogP contribution in [-0.4, -0.2) is 24.7 Å². The van der Waals surface area contributed by atoms with Crippen LogP contribution in [0.25, 0.3) is 0 Å². The number of amides is 1. The van der Waals surface area contributed by atoms with Crippen molar-refractivity contribution in [3.8, 4) is 0 Å². The zero-order valence-corrected chi connectivity index (χ0v) is 10.6.